The van der Waals surface area contributed by atoms with Crippen molar-refractivity contribution in [3.8, 4) is 29.0 Å². The first kappa shape index (κ1) is 18.0. The van der Waals surface area contributed by atoms with Gasteiger partial charge in [-0.3, -0.25) is 4.98 Å². The second kappa shape index (κ2) is 8.05. The van der Waals surface area contributed by atoms with Crippen LogP contribution in [0.15, 0.2) is 47.2 Å². The minimum atomic E-state index is -2.97. The lowest BCUT2D eigenvalue weighted by molar-refractivity contribution is -0.0512. The molecule has 0 unspecified atom stereocenters. The molecule has 0 fully saturated rings. The van der Waals surface area contributed by atoms with Crippen molar-refractivity contribution in [3.05, 3.63) is 54.2 Å². The summed E-state index contributed by atoms with van der Waals surface area (Å²) in [6.07, 6.45) is 4.76. The second-order valence-electron chi connectivity index (χ2n) is 5.12. The molecule has 2 heterocycles. The molecule has 3 rings (SSSR count). The number of hydrogen-bond donors (Lipinski definition) is 0. The number of aromatic nitrogens is 3. The first-order valence-corrected chi connectivity index (χ1v) is 7.60. The van der Waals surface area contributed by atoms with Crippen LogP contribution in [-0.2, 0) is 0 Å². The Morgan fingerprint density at radius 2 is 2.15 bits per heavy atom. The van der Waals surface area contributed by atoms with E-state index in [-0.39, 0.29) is 28.8 Å². The van der Waals surface area contributed by atoms with Crippen LogP contribution in [-0.4, -0.2) is 28.8 Å². The predicted molar refractivity (Wildman–Crippen MR) is 90.6 cm³/mol. The van der Waals surface area contributed by atoms with Crippen molar-refractivity contribution in [1.82, 2.24) is 15.1 Å². The highest BCUT2D eigenvalue weighted by atomic mass is 19.3. The van der Waals surface area contributed by atoms with Gasteiger partial charge in [0.1, 0.15) is 11.6 Å². The number of hydrogen-bond acceptors (Lipinski definition) is 7. The zero-order chi connectivity index (χ0) is 19.2. The van der Waals surface area contributed by atoms with Crippen LogP contribution in [0.3, 0.4) is 0 Å². The Morgan fingerprint density at radius 3 is 2.81 bits per heavy atom. The van der Waals surface area contributed by atoms with Gasteiger partial charge >= 0.3 is 6.61 Å². The smallest absolute Gasteiger partial charge is 0.387 e. The predicted octanol–water partition coefficient (Wildman–Crippen LogP) is 3.81. The number of nitrogens with zero attached hydrogens (tertiary/aromatic N) is 4. The Bertz CT molecular complexity index is 997. The fraction of sp³-hybridized carbons (Fsp3) is 0.111. The summed E-state index contributed by atoms with van der Waals surface area (Å²) >= 11 is 0. The molecule has 27 heavy (non-hydrogen) atoms. The van der Waals surface area contributed by atoms with Gasteiger partial charge in [0.05, 0.1) is 7.11 Å². The Balaban J connectivity index is 1.91. The van der Waals surface area contributed by atoms with Crippen LogP contribution in [0.5, 0.6) is 11.5 Å². The molecule has 0 amide bonds. The molecular formula is C18H12F2N4O3. The number of ether oxygens (including phenoxy) is 2. The summed E-state index contributed by atoms with van der Waals surface area (Å²) in [6.45, 7) is -2.97. The molecule has 0 aliphatic heterocycles. The van der Waals surface area contributed by atoms with Gasteiger partial charge in [-0.25, -0.2) is 0 Å². The van der Waals surface area contributed by atoms with Crippen molar-refractivity contribution >= 4 is 11.6 Å². The summed E-state index contributed by atoms with van der Waals surface area (Å²) in [5, 5.41) is 13.2. The van der Waals surface area contributed by atoms with E-state index < -0.39 is 6.61 Å². The highest BCUT2D eigenvalue weighted by Crippen LogP contribution is 2.33. The van der Waals surface area contributed by atoms with Gasteiger partial charge in [0, 0.05) is 18.0 Å². The lowest BCUT2D eigenvalue weighted by Gasteiger charge is -2.10. The molecule has 0 aliphatic rings. The van der Waals surface area contributed by atoms with Crippen LogP contribution >= 0.6 is 0 Å². The van der Waals surface area contributed by atoms with Crippen molar-refractivity contribution in [2.45, 2.75) is 6.61 Å². The van der Waals surface area contributed by atoms with Crippen molar-refractivity contribution in [2.75, 3.05) is 7.11 Å². The largest absolute Gasteiger partial charge is 0.493 e. The lowest BCUT2D eigenvalue weighted by atomic mass is 10.1. The number of alkyl halides is 2. The first-order chi connectivity index (χ1) is 13.1. The van der Waals surface area contributed by atoms with E-state index in [4.69, 9.17) is 9.26 Å². The first-order valence-electron chi connectivity index (χ1n) is 7.60. The van der Waals surface area contributed by atoms with Gasteiger partial charge in [0.15, 0.2) is 11.5 Å². The normalized spacial score (nSPS) is 11.3. The molecular weight excluding hydrogens is 358 g/mol. The summed E-state index contributed by atoms with van der Waals surface area (Å²) < 4.78 is 39.4. The molecule has 1 aromatic carbocycles. The van der Waals surface area contributed by atoms with E-state index >= 15 is 0 Å². The molecule has 9 heteroatoms. The third kappa shape index (κ3) is 4.24. The van der Waals surface area contributed by atoms with Crippen molar-refractivity contribution in [3.63, 3.8) is 0 Å². The number of nitriles is 1. The highest BCUT2D eigenvalue weighted by molar-refractivity contribution is 5.86. The topological polar surface area (TPSA) is 94.1 Å². The SMILES string of the molecule is COc1cc(-c2noc(/C(C#N)=C/c3cccnc3)n2)ccc1OC(F)F. The fourth-order valence-electron chi connectivity index (χ4n) is 2.22. The molecule has 3 aromatic rings. The molecule has 0 bridgehead atoms. The molecule has 2 aromatic heterocycles. The maximum Gasteiger partial charge on any atom is 0.387 e. The third-order valence-corrected chi connectivity index (χ3v) is 3.41. The maximum atomic E-state index is 12.4. The molecule has 0 N–H and O–H groups in total. The minimum Gasteiger partial charge on any atom is -0.493 e. The van der Waals surface area contributed by atoms with Crippen LogP contribution in [0.25, 0.3) is 23.0 Å². The quantitative estimate of drug-likeness (QED) is 0.609. The summed E-state index contributed by atoms with van der Waals surface area (Å²) in [5.41, 5.74) is 1.30. The Morgan fingerprint density at radius 1 is 1.30 bits per heavy atom. The Labute approximate surface area is 152 Å². The van der Waals surface area contributed by atoms with Gasteiger partial charge in [0.25, 0.3) is 5.89 Å². The zero-order valence-corrected chi connectivity index (χ0v) is 14.0. The summed E-state index contributed by atoms with van der Waals surface area (Å²) in [7, 11) is 1.32. The monoisotopic (exact) mass is 370 g/mol. The van der Waals surface area contributed by atoms with Gasteiger partial charge in [-0.2, -0.15) is 19.0 Å². The molecule has 0 saturated carbocycles. The average molecular weight is 370 g/mol. The van der Waals surface area contributed by atoms with Gasteiger partial charge in [-0.1, -0.05) is 11.2 Å². The van der Waals surface area contributed by atoms with Crippen molar-refractivity contribution in [2.24, 2.45) is 0 Å². The molecule has 0 spiro atoms. The number of methoxy groups -OCH3 is 1. The molecule has 7 nitrogen and oxygen atoms in total. The zero-order valence-electron chi connectivity index (χ0n) is 14.0. The van der Waals surface area contributed by atoms with Crippen LogP contribution in [0.2, 0.25) is 0 Å². The number of halogens is 2. The van der Waals surface area contributed by atoms with Gasteiger partial charge in [0.2, 0.25) is 5.82 Å². The van der Waals surface area contributed by atoms with Crippen LogP contribution < -0.4 is 9.47 Å². The summed E-state index contributed by atoms with van der Waals surface area (Å²) in [6, 6.07) is 9.72. The Kier molecular flexibility index (Phi) is 5.37. The summed E-state index contributed by atoms with van der Waals surface area (Å²) in [4.78, 5) is 8.15. The maximum absolute atomic E-state index is 12.4. The molecule has 0 aliphatic carbocycles. The minimum absolute atomic E-state index is 0.0169. The molecule has 0 atom stereocenters. The standard InChI is InChI=1S/C18H12F2N4O3/c1-25-15-8-12(4-5-14(15)26-18(19)20)16-23-17(27-24-16)13(9-21)7-11-3-2-6-22-10-11/h2-8,10,18H,1H3/b13-7+. The van der Waals surface area contributed by atoms with E-state index in [1.54, 1.807) is 30.6 Å². The number of allylic oxidation sites excluding steroid dienone is 1. The van der Waals surface area contributed by atoms with E-state index in [2.05, 4.69) is 19.9 Å². The molecule has 0 saturated heterocycles. The van der Waals surface area contributed by atoms with Gasteiger partial charge < -0.3 is 14.0 Å². The number of pyridine rings is 1. The average Bonchev–Trinajstić information content (AvgIpc) is 3.16. The van der Waals surface area contributed by atoms with Gasteiger partial charge in [-0.15, -0.1) is 0 Å². The van der Waals surface area contributed by atoms with E-state index in [1.807, 2.05) is 6.07 Å². The Hall–Kier alpha value is -3.80. The molecule has 136 valence electrons. The van der Waals surface area contributed by atoms with Crippen LogP contribution in [0.1, 0.15) is 11.5 Å². The van der Waals surface area contributed by atoms with E-state index in [9.17, 15) is 14.0 Å². The number of benzene rings is 1. The lowest BCUT2D eigenvalue weighted by Crippen LogP contribution is -2.03. The molecule has 0 radical (unpaired) electrons. The van der Waals surface area contributed by atoms with Gasteiger partial charge in [-0.05, 0) is 35.9 Å². The second-order valence-corrected chi connectivity index (χ2v) is 5.12. The summed E-state index contributed by atoms with van der Waals surface area (Å²) in [5.74, 6) is 0.155. The van der Waals surface area contributed by atoms with Crippen LogP contribution in [0, 0.1) is 11.3 Å². The van der Waals surface area contributed by atoms with Crippen LogP contribution in [0.4, 0.5) is 8.78 Å². The van der Waals surface area contributed by atoms with E-state index in [1.165, 1.54) is 25.3 Å². The fourth-order valence-corrected chi connectivity index (χ4v) is 2.22. The van der Waals surface area contributed by atoms with Crippen molar-refractivity contribution in [1.29, 1.82) is 5.26 Å². The van der Waals surface area contributed by atoms with Crippen molar-refractivity contribution < 1.29 is 22.8 Å². The highest BCUT2D eigenvalue weighted by Gasteiger charge is 2.16. The number of rotatable bonds is 6. The van der Waals surface area contributed by atoms with E-state index in [0.717, 1.165) is 0 Å². The van der Waals surface area contributed by atoms with E-state index in [0.29, 0.717) is 11.1 Å². The third-order valence-electron chi connectivity index (χ3n) is 3.41.